The second-order valence-electron chi connectivity index (χ2n) is 10.1. The predicted molar refractivity (Wildman–Crippen MR) is 137 cm³/mol. The first-order valence-electron chi connectivity index (χ1n) is 12.2. The Morgan fingerprint density at radius 1 is 1.14 bits per heavy atom. The number of imidazole rings is 1. The van der Waals surface area contributed by atoms with Gasteiger partial charge in [0.2, 0.25) is 5.95 Å². The number of benzene rings is 1. The smallest absolute Gasteiger partial charge is 0.247 e. The third kappa shape index (κ3) is 4.13. The highest BCUT2D eigenvalue weighted by Crippen LogP contribution is 2.40. The molecule has 0 atom stereocenters. The summed E-state index contributed by atoms with van der Waals surface area (Å²) in [5, 5.41) is 30.9. The molecule has 1 saturated carbocycles. The largest absolute Gasteiger partial charge is 0.379 e. The van der Waals surface area contributed by atoms with Gasteiger partial charge in [-0.25, -0.2) is 4.98 Å². The van der Waals surface area contributed by atoms with Gasteiger partial charge < -0.3 is 20.3 Å². The van der Waals surface area contributed by atoms with Gasteiger partial charge in [-0.15, -0.1) is 5.10 Å². The first kappa shape index (κ1) is 23.0. The summed E-state index contributed by atoms with van der Waals surface area (Å²) in [4.78, 5) is 11.4. The van der Waals surface area contributed by atoms with E-state index >= 15 is 0 Å². The first-order valence-corrected chi connectivity index (χ1v) is 12.6. The summed E-state index contributed by atoms with van der Waals surface area (Å²) in [5.74, 6) is 1.09. The van der Waals surface area contributed by atoms with Crippen LogP contribution in [-0.2, 0) is 4.74 Å². The van der Waals surface area contributed by atoms with E-state index in [1.54, 1.807) is 6.07 Å². The standard InChI is InChI=1S/C24H25BClN9O/c25-24(12-36-13-24)34-5-3-15(4-6-34)18-7-14(9-27)8-19(20(18)26)31-23-32-21(30-16-1-2-16)22-29-11-17(10-28)35(22)33-23/h7-8,11,15-16H,1-6,12-13,25H2,(H2,30,31,32,33). The molecule has 182 valence electrons. The molecule has 12 heteroatoms. The van der Waals surface area contributed by atoms with Crippen LogP contribution >= 0.6 is 11.6 Å². The fourth-order valence-electron chi connectivity index (χ4n) is 5.06. The number of anilines is 3. The van der Waals surface area contributed by atoms with Crippen molar-refractivity contribution in [2.75, 3.05) is 36.9 Å². The molecule has 2 N–H and O–H groups in total. The zero-order valence-corrected chi connectivity index (χ0v) is 20.7. The molecular formula is C24H25BClN9O. The summed E-state index contributed by atoms with van der Waals surface area (Å²) < 4.78 is 6.92. The van der Waals surface area contributed by atoms with Crippen LogP contribution in [0.25, 0.3) is 5.65 Å². The molecule has 10 nitrogen and oxygen atoms in total. The van der Waals surface area contributed by atoms with E-state index in [1.807, 2.05) is 6.07 Å². The quantitative estimate of drug-likeness (QED) is 0.489. The molecule has 6 rings (SSSR count). The van der Waals surface area contributed by atoms with E-state index in [0.717, 1.165) is 57.6 Å². The Hall–Kier alpha value is -3.38. The zero-order chi connectivity index (χ0) is 24.9. The van der Waals surface area contributed by atoms with Gasteiger partial charge in [0.1, 0.15) is 13.9 Å². The molecule has 3 aliphatic rings. The molecule has 0 unspecified atom stereocenters. The highest BCUT2D eigenvalue weighted by Gasteiger charge is 2.41. The van der Waals surface area contributed by atoms with Crippen molar-refractivity contribution in [1.29, 1.82) is 10.5 Å². The maximum Gasteiger partial charge on any atom is 0.247 e. The van der Waals surface area contributed by atoms with Gasteiger partial charge in [0, 0.05) is 11.5 Å². The van der Waals surface area contributed by atoms with Crippen LogP contribution in [0.3, 0.4) is 0 Å². The summed E-state index contributed by atoms with van der Waals surface area (Å²) in [5.41, 5.74) is 3.00. The lowest BCUT2D eigenvalue weighted by atomic mass is 9.72. The molecule has 4 heterocycles. The fourth-order valence-corrected chi connectivity index (χ4v) is 5.37. The number of halogens is 1. The number of fused-ring (bicyclic) bond motifs is 1. The number of likely N-dealkylation sites (tertiary alicyclic amines) is 1. The Kier molecular flexibility index (Phi) is 5.72. The van der Waals surface area contributed by atoms with Crippen molar-refractivity contribution in [3.05, 3.63) is 40.2 Å². The van der Waals surface area contributed by atoms with Crippen LogP contribution in [0.2, 0.25) is 5.02 Å². The molecule has 2 aromatic heterocycles. The number of nitrogens with one attached hydrogen (secondary N) is 2. The molecule has 2 saturated heterocycles. The monoisotopic (exact) mass is 501 g/mol. The topological polar surface area (TPSA) is 127 Å². The van der Waals surface area contributed by atoms with Crippen molar-refractivity contribution in [2.45, 2.75) is 43.1 Å². The zero-order valence-electron chi connectivity index (χ0n) is 20.0. The van der Waals surface area contributed by atoms with Crippen LogP contribution in [0.1, 0.15) is 48.4 Å². The Labute approximate surface area is 214 Å². The van der Waals surface area contributed by atoms with Crippen molar-refractivity contribution in [3.8, 4) is 12.1 Å². The minimum absolute atomic E-state index is 0.133. The van der Waals surface area contributed by atoms with Gasteiger partial charge in [-0.3, -0.25) is 0 Å². The molecule has 0 amide bonds. The number of aromatic nitrogens is 4. The number of rotatable bonds is 6. The van der Waals surface area contributed by atoms with Crippen molar-refractivity contribution >= 4 is 42.5 Å². The van der Waals surface area contributed by atoms with Crippen molar-refractivity contribution < 1.29 is 4.74 Å². The normalized spacial score (nSPS) is 19.9. The Balaban J connectivity index is 1.30. The highest BCUT2D eigenvalue weighted by atomic mass is 35.5. The second kappa shape index (κ2) is 8.93. The number of hydrogen-bond donors (Lipinski definition) is 2. The highest BCUT2D eigenvalue weighted by molar-refractivity contribution is 6.34. The number of nitriles is 2. The lowest BCUT2D eigenvalue weighted by Crippen LogP contribution is -2.64. The molecule has 0 spiro atoms. The Bertz CT molecular complexity index is 1410. The fraction of sp³-hybridized carbons (Fsp3) is 0.458. The third-order valence-electron chi connectivity index (χ3n) is 7.40. The van der Waals surface area contributed by atoms with E-state index in [2.05, 4.69) is 50.6 Å². The van der Waals surface area contributed by atoms with Crippen LogP contribution in [-0.4, -0.2) is 70.1 Å². The molecular weight excluding hydrogens is 477 g/mol. The molecule has 1 aliphatic carbocycles. The average molecular weight is 502 g/mol. The van der Waals surface area contributed by atoms with E-state index < -0.39 is 0 Å². The summed E-state index contributed by atoms with van der Waals surface area (Å²) in [6.07, 6.45) is 5.53. The van der Waals surface area contributed by atoms with Gasteiger partial charge in [-0.05, 0) is 62.4 Å². The minimum Gasteiger partial charge on any atom is -0.379 e. The van der Waals surface area contributed by atoms with Gasteiger partial charge in [0.25, 0.3) is 0 Å². The van der Waals surface area contributed by atoms with Crippen LogP contribution in [0.4, 0.5) is 17.5 Å². The summed E-state index contributed by atoms with van der Waals surface area (Å²) >= 11 is 6.93. The maximum absolute atomic E-state index is 9.73. The number of ether oxygens (including phenoxy) is 1. The van der Waals surface area contributed by atoms with E-state index in [1.165, 1.54) is 10.7 Å². The van der Waals surface area contributed by atoms with E-state index in [9.17, 15) is 10.5 Å². The van der Waals surface area contributed by atoms with Gasteiger partial charge >= 0.3 is 0 Å². The predicted octanol–water partition coefficient (Wildman–Crippen LogP) is 2.38. The molecule has 3 aromatic rings. The van der Waals surface area contributed by atoms with E-state index in [0.29, 0.717) is 39.5 Å². The summed E-state index contributed by atoms with van der Waals surface area (Å²) in [6.45, 7) is 3.49. The van der Waals surface area contributed by atoms with Gasteiger partial charge in [0.05, 0.1) is 41.8 Å². The van der Waals surface area contributed by atoms with E-state index in [-0.39, 0.29) is 17.3 Å². The lowest BCUT2D eigenvalue weighted by molar-refractivity contribution is -0.0983. The lowest BCUT2D eigenvalue weighted by Gasteiger charge is -2.50. The van der Waals surface area contributed by atoms with E-state index in [4.69, 9.17) is 16.3 Å². The van der Waals surface area contributed by atoms with Gasteiger partial charge in [-0.1, -0.05) is 11.6 Å². The molecule has 0 radical (unpaired) electrons. The average Bonchev–Trinajstić information content (AvgIpc) is 3.59. The second-order valence-corrected chi connectivity index (χ2v) is 10.5. The molecule has 2 aliphatic heterocycles. The van der Waals surface area contributed by atoms with Crippen LogP contribution in [0.15, 0.2) is 18.3 Å². The summed E-state index contributed by atoms with van der Waals surface area (Å²) in [6, 6.07) is 8.34. The van der Waals surface area contributed by atoms with Crippen molar-refractivity contribution in [2.24, 2.45) is 0 Å². The van der Waals surface area contributed by atoms with Crippen molar-refractivity contribution in [3.63, 3.8) is 0 Å². The first-order chi connectivity index (χ1) is 17.5. The molecule has 3 fully saturated rings. The maximum atomic E-state index is 9.73. The SMILES string of the molecule is BC1(N2CCC(c3cc(C#N)cc(Nc4nc(NC5CC5)c5ncc(C#N)n5n4)c3Cl)CC2)COC1. The number of hydrogen-bond acceptors (Lipinski definition) is 9. The van der Waals surface area contributed by atoms with Gasteiger partial charge in [-0.2, -0.15) is 20.0 Å². The third-order valence-corrected chi connectivity index (χ3v) is 7.82. The summed E-state index contributed by atoms with van der Waals surface area (Å²) in [7, 11) is 2.25. The molecule has 36 heavy (non-hydrogen) atoms. The van der Waals surface area contributed by atoms with Crippen LogP contribution in [0.5, 0.6) is 0 Å². The Morgan fingerprint density at radius 2 is 1.92 bits per heavy atom. The number of piperidine rings is 1. The van der Waals surface area contributed by atoms with Crippen molar-refractivity contribution in [1.82, 2.24) is 24.5 Å². The van der Waals surface area contributed by atoms with Crippen LogP contribution < -0.4 is 10.6 Å². The number of nitrogens with zero attached hydrogens (tertiary/aromatic N) is 7. The molecule has 0 bridgehead atoms. The minimum atomic E-state index is 0.133. The Morgan fingerprint density at radius 3 is 2.56 bits per heavy atom. The van der Waals surface area contributed by atoms with Crippen LogP contribution in [0, 0.1) is 22.7 Å². The molecule has 1 aromatic carbocycles. The van der Waals surface area contributed by atoms with Gasteiger partial charge in [0.15, 0.2) is 17.2 Å².